The Kier molecular flexibility index (Phi) is 3.46. The lowest BCUT2D eigenvalue weighted by Gasteiger charge is -2.07. The minimum absolute atomic E-state index is 0.171. The number of benzene rings is 1. The second-order valence-electron chi connectivity index (χ2n) is 3.33. The molecular formula is C12H14O2. The SMILES string of the molecule is C=C(C)c1ccccc1CCC(=O)O. The van der Waals surface area contributed by atoms with Gasteiger partial charge in [-0.1, -0.05) is 36.4 Å². The minimum atomic E-state index is -0.762. The van der Waals surface area contributed by atoms with Crippen molar-refractivity contribution in [3.05, 3.63) is 42.0 Å². The summed E-state index contributed by atoms with van der Waals surface area (Å²) in [6.07, 6.45) is 0.739. The molecule has 0 heterocycles. The van der Waals surface area contributed by atoms with Crippen molar-refractivity contribution in [1.29, 1.82) is 0 Å². The summed E-state index contributed by atoms with van der Waals surface area (Å²) in [6.45, 7) is 5.80. The highest BCUT2D eigenvalue weighted by atomic mass is 16.4. The Morgan fingerprint density at radius 3 is 2.64 bits per heavy atom. The Morgan fingerprint density at radius 2 is 2.07 bits per heavy atom. The molecule has 0 aromatic heterocycles. The molecule has 1 aromatic carbocycles. The largest absolute Gasteiger partial charge is 0.481 e. The van der Waals surface area contributed by atoms with E-state index in [2.05, 4.69) is 6.58 Å². The molecular weight excluding hydrogens is 176 g/mol. The Bertz CT molecular complexity index is 353. The van der Waals surface area contributed by atoms with Crippen LogP contribution in [-0.2, 0) is 11.2 Å². The minimum Gasteiger partial charge on any atom is -0.481 e. The molecule has 1 rings (SSSR count). The van der Waals surface area contributed by atoms with Crippen molar-refractivity contribution in [3.63, 3.8) is 0 Å². The summed E-state index contributed by atoms with van der Waals surface area (Å²) in [5.74, 6) is -0.762. The van der Waals surface area contributed by atoms with Crippen LogP contribution in [0.2, 0.25) is 0 Å². The number of carboxylic acid groups (broad SMARTS) is 1. The highest BCUT2D eigenvalue weighted by Crippen LogP contribution is 2.18. The summed E-state index contributed by atoms with van der Waals surface area (Å²) in [6, 6.07) is 7.78. The van der Waals surface area contributed by atoms with E-state index in [1.165, 1.54) is 0 Å². The molecule has 0 saturated carbocycles. The normalized spacial score (nSPS) is 9.79. The lowest BCUT2D eigenvalue weighted by Crippen LogP contribution is -1.99. The number of aliphatic carboxylic acids is 1. The van der Waals surface area contributed by atoms with Crippen LogP contribution in [0.15, 0.2) is 30.8 Å². The highest BCUT2D eigenvalue weighted by Gasteiger charge is 2.04. The molecule has 0 amide bonds. The third-order valence-electron chi connectivity index (χ3n) is 2.09. The van der Waals surface area contributed by atoms with Crippen molar-refractivity contribution in [1.82, 2.24) is 0 Å². The zero-order chi connectivity index (χ0) is 10.6. The van der Waals surface area contributed by atoms with Crippen LogP contribution in [-0.4, -0.2) is 11.1 Å². The quantitative estimate of drug-likeness (QED) is 0.792. The van der Waals surface area contributed by atoms with Crippen LogP contribution >= 0.6 is 0 Å². The van der Waals surface area contributed by atoms with Crippen LogP contribution in [0.25, 0.3) is 5.57 Å². The van der Waals surface area contributed by atoms with E-state index >= 15 is 0 Å². The molecule has 0 aliphatic rings. The summed E-state index contributed by atoms with van der Waals surface area (Å²) < 4.78 is 0. The van der Waals surface area contributed by atoms with Crippen molar-refractivity contribution >= 4 is 11.5 Å². The maximum atomic E-state index is 10.4. The standard InChI is InChI=1S/C12H14O2/c1-9(2)11-6-4-3-5-10(11)7-8-12(13)14/h3-6H,1,7-8H2,2H3,(H,13,14). The van der Waals surface area contributed by atoms with Gasteiger partial charge in [0.25, 0.3) is 0 Å². The van der Waals surface area contributed by atoms with Crippen LogP contribution in [0.4, 0.5) is 0 Å². The predicted molar refractivity (Wildman–Crippen MR) is 57.1 cm³/mol. The van der Waals surface area contributed by atoms with Gasteiger partial charge < -0.3 is 5.11 Å². The van der Waals surface area contributed by atoms with E-state index in [1.54, 1.807) is 0 Å². The van der Waals surface area contributed by atoms with Crippen molar-refractivity contribution in [2.45, 2.75) is 19.8 Å². The van der Waals surface area contributed by atoms with Gasteiger partial charge in [-0.2, -0.15) is 0 Å². The molecule has 0 fully saturated rings. The monoisotopic (exact) mass is 190 g/mol. The van der Waals surface area contributed by atoms with Gasteiger partial charge in [-0.3, -0.25) is 4.79 Å². The molecule has 74 valence electrons. The van der Waals surface area contributed by atoms with Gasteiger partial charge in [0.1, 0.15) is 0 Å². The Labute approximate surface area is 83.9 Å². The smallest absolute Gasteiger partial charge is 0.303 e. The molecule has 0 bridgehead atoms. The first-order valence-electron chi connectivity index (χ1n) is 4.57. The van der Waals surface area contributed by atoms with E-state index in [0.717, 1.165) is 16.7 Å². The molecule has 0 spiro atoms. The van der Waals surface area contributed by atoms with Crippen LogP contribution < -0.4 is 0 Å². The summed E-state index contributed by atoms with van der Waals surface area (Å²) in [5, 5.41) is 8.58. The number of aryl methyl sites for hydroxylation is 1. The summed E-state index contributed by atoms with van der Waals surface area (Å²) in [5.41, 5.74) is 3.10. The average molecular weight is 190 g/mol. The fraction of sp³-hybridized carbons (Fsp3) is 0.250. The van der Waals surface area contributed by atoms with Crippen LogP contribution in [0.3, 0.4) is 0 Å². The van der Waals surface area contributed by atoms with Gasteiger partial charge in [0.2, 0.25) is 0 Å². The molecule has 2 heteroatoms. The van der Waals surface area contributed by atoms with Crippen molar-refractivity contribution in [2.24, 2.45) is 0 Å². The Hall–Kier alpha value is -1.57. The molecule has 0 aliphatic heterocycles. The summed E-state index contributed by atoms with van der Waals surface area (Å²) in [7, 11) is 0. The van der Waals surface area contributed by atoms with Crippen molar-refractivity contribution < 1.29 is 9.90 Å². The molecule has 0 unspecified atom stereocenters. The van der Waals surface area contributed by atoms with Crippen LogP contribution in [0, 0.1) is 0 Å². The lowest BCUT2D eigenvalue weighted by atomic mass is 9.98. The third-order valence-corrected chi connectivity index (χ3v) is 2.09. The molecule has 0 aliphatic carbocycles. The first-order valence-corrected chi connectivity index (χ1v) is 4.57. The van der Waals surface area contributed by atoms with Crippen molar-refractivity contribution in [3.8, 4) is 0 Å². The first-order chi connectivity index (χ1) is 6.61. The van der Waals surface area contributed by atoms with E-state index in [-0.39, 0.29) is 6.42 Å². The van der Waals surface area contributed by atoms with Gasteiger partial charge in [-0.15, -0.1) is 0 Å². The zero-order valence-electron chi connectivity index (χ0n) is 8.29. The van der Waals surface area contributed by atoms with Crippen molar-refractivity contribution in [2.75, 3.05) is 0 Å². The first kappa shape index (κ1) is 10.5. The number of carboxylic acids is 1. The van der Waals surface area contributed by atoms with Crippen LogP contribution in [0.5, 0.6) is 0 Å². The molecule has 0 atom stereocenters. The Balaban J connectivity index is 2.84. The summed E-state index contributed by atoms with van der Waals surface area (Å²) in [4.78, 5) is 10.4. The number of allylic oxidation sites excluding steroid dienone is 1. The molecule has 1 aromatic rings. The molecule has 2 nitrogen and oxygen atoms in total. The highest BCUT2D eigenvalue weighted by molar-refractivity contribution is 5.69. The maximum Gasteiger partial charge on any atom is 0.303 e. The predicted octanol–water partition coefficient (Wildman–Crippen LogP) is 2.74. The van der Waals surface area contributed by atoms with E-state index in [9.17, 15) is 4.79 Å². The number of rotatable bonds is 4. The second kappa shape index (κ2) is 4.61. The van der Waals surface area contributed by atoms with Crippen LogP contribution in [0.1, 0.15) is 24.5 Å². The molecule has 14 heavy (non-hydrogen) atoms. The second-order valence-corrected chi connectivity index (χ2v) is 3.33. The topological polar surface area (TPSA) is 37.3 Å². The molecule has 0 radical (unpaired) electrons. The van der Waals surface area contributed by atoms with Gasteiger partial charge in [0.15, 0.2) is 0 Å². The van der Waals surface area contributed by atoms with E-state index in [1.807, 2.05) is 31.2 Å². The Morgan fingerprint density at radius 1 is 1.43 bits per heavy atom. The molecule has 1 N–H and O–H groups in total. The number of hydrogen-bond acceptors (Lipinski definition) is 1. The van der Waals surface area contributed by atoms with E-state index in [4.69, 9.17) is 5.11 Å². The van der Waals surface area contributed by atoms with E-state index in [0.29, 0.717) is 6.42 Å². The average Bonchev–Trinajstić information content (AvgIpc) is 2.15. The van der Waals surface area contributed by atoms with Gasteiger partial charge in [0.05, 0.1) is 0 Å². The fourth-order valence-corrected chi connectivity index (χ4v) is 1.40. The zero-order valence-corrected chi connectivity index (χ0v) is 8.29. The number of carbonyl (C=O) groups is 1. The van der Waals surface area contributed by atoms with E-state index < -0.39 is 5.97 Å². The number of hydrogen-bond donors (Lipinski definition) is 1. The van der Waals surface area contributed by atoms with Gasteiger partial charge in [0, 0.05) is 6.42 Å². The van der Waals surface area contributed by atoms with Gasteiger partial charge in [-0.25, -0.2) is 0 Å². The maximum absolute atomic E-state index is 10.4. The molecule has 0 saturated heterocycles. The lowest BCUT2D eigenvalue weighted by molar-refractivity contribution is -0.136. The third kappa shape index (κ3) is 2.73. The van der Waals surface area contributed by atoms with Gasteiger partial charge >= 0.3 is 5.97 Å². The fourth-order valence-electron chi connectivity index (χ4n) is 1.40. The summed E-state index contributed by atoms with van der Waals surface area (Å²) >= 11 is 0. The van der Waals surface area contributed by atoms with Gasteiger partial charge in [-0.05, 0) is 24.5 Å².